The van der Waals surface area contributed by atoms with Crippen LogP contribution in [0.4, 0.5) is 9.59 Å². The zero-order chi connectivity index (χ0) is 13.1. The quantitative estimate of drug-likeness (QED) is 0.616. The Balaban J connectivity index is -0.000000218. The Labute approximate surface area is 125 Å². The molecule has 0 aromatic carbocycles. The van der Waals surface area contributed by atoms with Gasteiger partial charge in [0, 0.05) is 26.2 Å². The monoisotopic (exact) mass is 324 g/mol. The van der Waals surface area contributed by atoms with Crippen molar-refractivity contribution in [2.75, 3.05) is 26.2 Å². The fourth-order valence-electron chi connectivity index (χ4n) is 0.988. The van der Waals surface area contributed by atoms with Crippen molar-refractivity contribution >= 4 is 35.7 Å². The first-order valence-electron chi connectivity index (χ1n) is 5.40. The zero-order valence-corrected chi connectivity index (χ0v) is 13.5. The Morgan fingerprint density at radius 2 is 0.941 bits per heavy atom. The molecule has 0 bridgehead atoms. The number of carbonyl (C=O) groups is 2. The fraction of sp³-hybridized carbons (Fsp3) is 0.800. The Morgan fingerprint density at radius 1 is 0.765 bits per heavy atom. The second-order valence-corrected chi connectivity index (χ2v) is 3.67. The number of thiol groups is 2. The van der Waals surface area contributed by atoms with Crippen molar-refractivity contribution in [2.45, 2.75) is 27.7 Å². The molecule has 0 aliphatic rings. The first-order chi connectivity index (χ1) is 7.44. The van der Waals surface area contributed by atoms with Gasteiger partial charge in [0.2, 0.25) is 0 Å². The minimum absolute atomic E-state index is 0. The number of amides is 2. The predicted molar refractivity (Wildman–Crippen MR) is 74.6 cm³/mol. The van der Waals surface area contributed by atoms with Gasteiger partial charge in [-0.05, 0) is 27.7 Å². The van der Waals surface area contributed by atoms with Crippen molar-refractivity contribution in [1.29, 1.82) is 0 Å². The molecular formula is C10H22N2NiO2S2+2. The van der Waals surface area contributed by atoms with E-state index < -0.39 is 0 Å². The molecule has 4 nitrogen and oxygen atoms in total. The van der Waals surface area contributed by atoms with E-state index in [1.165, 1.54) is 0 Å². The normalized spacial score (nSPS) is 8.35. The Kier molecular flexibility index (Phi) is 18.6. The molecule has 0 heterocycles. The molecule has 2 amide bonds. The summed E-state index contributed by atoms with van der Waals surface area (Å²) >= 11 is 7.28. The molecule has 0 N–H and O–H groups in total. The minimum Gasteiger partial charge on any atom is -0.334 e. The first-order valence-corrected chi connectivity index (χ1v) is 6.29. The van der Waals surface area contributed by atoms with E-state index in [0.29, 0.717) is 0 Å². The summed E-state index contributed by atoms with van der Waals surface area (Å²) < 4.78 is 0. The average molecular weight is 325 g/mol. The van der Waals surface area contributed by atoms with Crippen molar-refractivity contribution in [2.24, 2.45) is 0 Å². The molecular weight excluding hydrogens is 303 g/mol. The predicted octanol–water partition coefficient (Wildman–Crippen LogP) is 2.75. The molecule has 0 aliphatic heterocycles. The summed E-state index contributed by atoms with van der Waals surface area (Å²) in [5.74, 6) is 0. The summed E-state index contributed by atoms with van der Waals surface area (Å²) in [6, 6.07) is 0. The molecule has 0 fully saturated rings. The van der Waals surface area contributed by atoms with Crippen LogP contribution < -0.4 is 0 Å². The molecule has 0 aromatic rings. The number of hydrogen-bond donors (Lipinski definition) is 2. The van der Waals surface area contributed by atoms with E-state index in [1.54, 1.807) is 9.80 Å². The first kappa shape index (κ1) is 22.3. The third-order valence-corrected chi connectivity index (χ3v) is 2.63. The van der Waals surface area contributed by atoms with Crippen LogP contribution in [0.5, 0.6) is 0 Å². The van der Waals surface area contributed by atoms with E-state index in [0.717, 1.165) is 26.2 Å². The van der Waals surface area contributed by atoms with Crippen LogP contribution in [0.25, 0.3) is 0 Å². The van der Waals surface area contributed by atoms with E-state index >= 15 is 0 Å². The van der Waals surface area contributed by atoms with Crippen molar-refractivity contribution < 1.29 is 26.1 Å². The Hall–Kier alpha value is 0.134. The Bertz CT molecular complexity index is 188. The molecule has 0 saturated carbocycles. The smallest absolute Gasteiger partial charge is 0.334 e. The van der Waals surface area contributed by atoms with E-state index in [4.69, 9.17) is 0 Å². The van der Waals surface area contributed by atoms with Crippen molar-refractivity contribution in [3.05, 3.63) is 0 Å². The molecule has 0 saturated heterocycles. The molecule has 0 spiro atoms. The van der Waals surface area contributed by atoms with Crippen LogP contribution >= 0.6 is 25.3 Å². The molecule has 0 rings (SSSR count). The second kappa shape index (κ2) is 14.2. The summed E-state index contributed by atoms with van der Waals surface area (Å²) in [7, 11) is 0. The molecule has 17 heavy (non-hydrogen) atoms. The zero-order valence-electron chi connectivity index (χ0n) is 10.8. The van der Waals surface area contributed by atoms with Crippen LogP contribution in [-0.2, 0) is 16.5 Å². The van der Waals surface area contributed by atoms with Crippen LogP contribution in [0.15, 0.2) is 0 Å². The van der Waals surface area contributed by atoms with Crippen LogP contribution in [0.1, 0.15) is 27.7 Å². The van der Waals surface area contributed by atoms with Crippen LogP contribution in [0.3, 0.4) is 0 Å². The molecule has 0 aliphatic carbocycles. The van der Waals surface area contributed by atoms with E-state index in [9.17, 15) is 9.59 Å². The van der Waals surface area contributed by atoms with Crippen LogP contribution in [0.2, 0.25) is 0 Å². The average Bonchev–Trinajstić information content (AvgIpc) is 2.21. The molecule has 7 heteroatoms. The number of nitrogens with zero attached hydrogens (tertiary/aromatic N) is 2. The maximum absolute atomic E-state index is 10.4. The van der Waals surface area contributed by atoms with Gasteiger partial charge in [0.05, 0.1) is 0 Å². The van der Waals surface area contributed by atoms with Gasteiger partial charge in [-0.2, -0.15) is 0 Å². The van der Waals surface area contributed by atoms with Gasteiger partial charge >= 0.3 is 16.5 Å². The largest absolute Gasteiger partial charge is 2.00 e. The van der Waals surface area contributed by atoms with Crippen molar-refractivity contribution in [3.63, 3.8) is 0 Å². The summed E-state index contributed by atoms with van der Waals surface area (Å²) in [5.41, 5.74) is 0. The molecule has 104 valence electrons. The summed E-state index contributed by atoms with van der Waals surface area (Å²) in [6.07, 6.45) is 0. The number of hydrogen-bond acceptors (Lipinski definition) is 2. The standard InChI is InChI=1S/2C5H11NOS.Ni/c2*1-3-6(4-2)5(7)8;/h2*3-4H2,1-2H3,(H,7,8);/q;;+2. The van der Waals surface area contributed by atoms with Gasteiger partial charge in [-0.3, -0.25) is 9.59 Å². The SMILES string of the molecule is CCN(CC)C(=O)S.CCN(CC)C(=O)S.[Ni+2]. The van der Waals surface area contributed by atoms with Gasteiger partial charge in [-0.1, -0.05) is 25.3 Å². The summed E-state index contributed by atoms with van der Waals surface area (Å²) in [5, 5.41) is -0.287. The van der Waals surface area contributed by atoms with Gasteiger partial charge in [0.15, 0.2) is 0 Å². The summed E-state index contributed by atoms with van der Waals surface area (Å²) in [4.78, 5) is 24.1. The number of carbonyl (C=O) groups excluding carboxylic acids is 2. The minimum atomic E-state index is -0.144. The fourth-order valence-corrected chi connectivity index (χ4v) is 1.55. The van der Waals surface area contributed by atoms with Gasteiger partial charge in [-0.25, -0.2) is 0 Å². The third kappa shape index (κ3) is 12.4. The molecule has 0 aromatic heterocycles. The molecule has 0 radical (unpaired) electrons. The van der Waals surface area contributed by atoms with E-state index in [1.807, 2.05) is 27.7 Å². The van der Waals surface area contributed by atoms with Gasteiger partial charge in [0.25, 0.3) is 10.5 Å². The van der Waals surface area contributed by atoms with Crippen molar-refractivity contribution in [3.8, 4) is 0 Å². The van der Waals surface area contributed by atoms with Crippen LogP contribution in [-0.4, -0.2) is 46.5 Å². The van der Waals surface area contributed by atoms with Gasteiger partial charge < -0.3 is 9.80 Å². The van der Waals surface area contributed by atoms with E-state index in [2.05, 4.69) is 25.3 Å². The molecule has 0 atom stereocenters. The molecule has 0 unspecified atom stereocenters. The number of rotatable bonds is 4. The summed E-state index contributed by atoms with van der Waals surface area (Å²) in [6.45, 7) is 10.7. The Morgan fingerprint density at radius 3 is 0.941 bits per heavy atom. The maximum atomic E-state index is 10.4. The van der Waals surface area contributed by atoms with Gasteiger partial charge in [-0.15, -0.1) is 0 Å². The van der Waals surface area contributed by atoms with Crippen molar-refractivity contribution in [1.82, 2.24) is 9.80 Å². The van der Waals surface area contributed by atoms with E-state index in [-0.39, 0.29) is 27.0 Å². The third-order valence-electron chi connectivity index (χ3n) is 2.07. The van der Waals surface area contributed by atoms with Crippen LogP contribution in [0, 0.1) is 0 Å². The topological polar surface area (TPSA) is 40.6 Å². The maximum Gasteiger partial charge on any atom is 2.00 e. The van der Waals surface area contributed by atoms with Gasteiger partial charge in [0.1, 0.15) is 0 Å². The second-order valence-electron chi connectivity index (χ2n) is 2.91.